The van der Waals surface area contributed by atoms with Gasteiger partial charge in [-0.15, -0.1) is 0 Å². The highest BCUT2D eigenvalue weighted by atomic mass is 16.6. The number of rotatable bonds is 5. The van der Waals surface area contributed by atoms with Crippen molar-refractivity contribution < 1.29 is 9.66 Å². The molecule has 0 unspecified atom stereocenters. The Bertz CT molecular complexity index is 627. The fraction of sp³-hybridized carbons (Fsp3) is 0.0714. The van der Waals surface area contributed by atoms with Crippen molar-refractivity contribution in [3.8, 4) is 5.75 Å². The van der Waals surface area contributed by atoms with Gasteiger partial charge in [0, 0.05) is 11.6 Å². The molecule has 0 bridgehead atoms. The van der Waals surface area contributed by atoms with Crippen molar-refractivity contribution >= 4 is 11.9 Å². The number of nitro groups is 1. The maximum atomic E-state index is 11.0. The predicted molar refractivity (Wildman–Crippen MR) is 75.7 cm³/mol. The van der Waals surface area contributed by atoms with E-state index >= 15 is 0 Å². The fourth-order valence-electron chi connectivity index (χ4n) is 1.70. The van der Waals surface area contributed by atoms with Gasteiger partial charge in [-0.05, 0) is 17.7 Å². The molecule has 102 valence electrons. The highest BCUT2D eigenvalue weighted by Crippen LogP contribution is 2.28. The molecule has 0 saturated heterocycles. The van der Waals surface area contributed by atoms with E-state index in [2.05, 4.69) is 5.10 Å². The number of hydrazone groups is 1. The van der Waals surface area contributed by atoms with Gasteiger partial charge in [0.2, 0.25) is 0 Å². The third-order valence-electron chi connectivity index (χ3n) is 2.64. The number of nitrogens with zero attached hydrogens (tertiary/aromatic N) is 2. The van der Waals surface area contributed by atoms with E-state index in [0.717, 1.165) is 5.56 Å². The summed E-state index contributed by atoms with van der Waals surface area (Å²) in [6.07, 6.45) is 1.34. The SMILES string of the molecule is NN=Cc1ccc(OCc2ccccc2)c([N+](=O)[O-])c1. The Kier molecular flexibility index (Phi) is 4.28. The van der Waals surface area contributed by atoms with Gasteiger partial charge in [-0.2, -0.15) is 5.10 Å². The number of benzene rings is 2. The van der Waals surface area contributed by atoms with Crippen molar-refractivity contribution in [3.05, 3.63) is 69.8 Å². The lowest BCUT2D eigenvalue weighted by atomic mass is 10.2. The molecule has 0 aliphatic rings. The minimum Gasteiger partial charge on any atom is -0.482 e. The molecule has 20 heavy (non-hydrogen) atoms. The number of hydrogen-bond acceptors (Lipinski definition) is 5. The number of nitrogens with two attached hydrogens (primary N) is 1. The van der Waals surface area contributed by atoms with Gasteiger partial charge < -0.3 is 10.6 Å². The van der Waals surface area contributed by atoms with Crippen LogP contribution >= 0.6 is 0 Å². The van der Waals surface area contributed by atoms with Crippen LogP contribution in [-0.4, -0.2) is 11.1 Å². The molecule has 2 aromatic rings. The molecule has 0 saturated carbocycles. The van der Waals surface area contributed by atoms with Gasteiger partial charge in [0.05, 0.1) is 11.1 Å². The van der Waals surface area contributed by atoms with Crippen LogP contribution < -0.4 is 10.6 Å². The molecule has 0 radical (unpaired) electrons. The van der Waals surface area contributed by atoms with Crippen LogP contribution in [0.5, 0.6) is 5.75 Å². The first-order valence-corrected chi connectivity index (χ1v) is 5.89. The molecule has 6 heteroatoms. The topological polar surface area (TPSA) is 90.8 Å². The molecule has 0 aromatic heterocycles. The summed E-state index contributed by atoms with van der Waals surface area (Å²) in [5.74, 6) is 5.24. The van der Waals surface area contributed by atoms with Gasteiger partial charge in [0.1, 0.15) is 6.61 Å². The summed E-state index contributed by atoms with van der Waals surface area (Å²) in [5, 5.41) is 14.4. The van der Waals surface area contributed by atoms with Gasteiger partial charge in [-0.3, -0.25) is 10.1 Å². The third-order valence-corrected chi connectivity index (χ3v) is 2.64. The predicted octanol–water partition coefficient (Wildman–Crippen LogP) is 2.47. The first kappa shape index (κ1) is 13.5. The van der Waals surface area contributed by atoms with Crippen molar-refractivity contribution in [1.29, 1.82) is 0 Å². The van der Waals surface area contributed by atoms with Crippen LogP contribution in [0.2, 0.25) is 0 Å². The third kappa shape index (κ3) is 3.32. The van der Waals surface area contributed by atoms with E-state index in [9.17, 15) is 10.1 Å². The molecule has 0 spiro atoms. The van der Waals surface area contributed by atoms with Crippen molar-refractivity contribution in [2.75, 3.05) is 0 Å². The Morgan fingerprint density at radius 1 is 1.25 bits per heavy atom. The van der Waals surface area contributed by atoms with E-state index in [-0.39, 0.29) is 18.0 Å². The molecule has 0 aliphatic heterocycles. The zero-order valence-electron chi connectivity index (χ0n) is 10.6. The molecule has 6 nitrogen and oxygen atoms in total. The van der Waals surface area contributed by atoms with Gasteiger partial charge >= 0.3 is 5.69 Å². The maximum Gasteiger partial charge on any atom is 0.311 e. The van der Waals surface area contributed by atoms with Gasteiger partial charge in [-0.1, -0.05) is 30.3 Å². The van der Waals surface area contributed by atoms with Crippen LogP contribution in [0.1, 0.15) is 11.1 Å². The Balaban J connectivity index is 2.20. The van der Waals surface area contributed by atoms with Crippen molar-refractivity contribution in [3.63, 3.8) is 0 Å². The summed E-state index contributed by atoms with van der Waals surface area (Å²) >= 11 is 0. The van der Waals surface area contributed by atoms with E-state index in [4.69, 9.17) is 10.6 Å². The average molecular weight is 271 g/mol. The van der Waals surface area contributed by atoms with E-state index in [1.807, 2.05) is 30.3 Å². The summed E-state index contributed by atoms with van der Waals surface area (Å²) in [4.78, 5) is 10.5. The number of hydrogen-bond donors (Lipinski definition) is 1. The van der Waals surface area contributed by atoms with E-state index < -0.39 is 4.92 Å². The molecular formula is C14H13N3O3. The van der Waals surface area contributed by atoms with Gasteiger partial charge in [0.15, 0.2) is 5.75 Å². The average Bonchev–Trinajstić information content (AvgIpc) is 2.47. The van der Waals surface area contributed by atoms with Crippen LogP contribution in [0.25, 0.3) is 0 Å². The smallest absolute Gasteiger partial charge is 0.311 e. The summed E-state index contributed by atoms with van der Waals surface area (Å²) in [7, 11) is 0. The quantitative estimate of drug-likeness (QED) is 0.391. The first-order chi connectivity index (χ1) is 9.70. The first-order valence-electron chi connectivity index (χ1n) is 5.89. The molecule has 0 amide bonds. The Hall–Kier alpha value is -2.89. The Morgan fingerprint density at radius 2 is 2.00 bits per heavy atom. The molecule has 0 fully saturated rings. The largest absolute Gasteiger partial charge is 0.482 e. The van der Waals surface area contributed by atoms with Gasteiger partial charge in [-0.25, -0.2) is 0 Å². The zero-order chi connectivity index (χ0) is 14.4. The molecule has 0 heterocycles. The van der Waals surface area contributed by atoms with Crippen LogP contribution in [0.15, 0.2) is 53.6 Å². The highest BCUT2D eigenvalue weighted by Gasteiger charge is 2.15. The maximum absolute atomic E-state index is 11.0. The molecule has 0 atom stereocenters. The monoisotopic (exact) mass is 271 g/mol. The van der Waals surface area contributed by atoms with E-state index in [1.165, 1.54) is 18.3 Å². The van der Waals surface area contributed by atoms with Crippen LogP contribution in [0.3, 0.4) is 0 Å². The highest BCUT2D eigenvalue weighted by molar-refractivity contribution is 5.81. The summed E-state index contributed by atoms with van der Waals surface area (Å²) in [6, 6.07) is 14.0. The van der Waals surface area contributed by atoms with Crippen molar-refractivity contribution in [2.24, 2.45) is 10.9 Å². The number of ether oxygens (including phenoxy) is 1. The van der Waals surface area contributed by atoms with Crippen LogP contribution in [0, 0.1) is 10.1 Å². The second-order valence-electron chi connectivity index (χ2n) is 4.04. The van der Waals surface area contributed by atoms with E-state index in [1.54, 1.807) is 6.07 Å². The Morgan fingerprint density at radius 3 is 2.65 bits per heavy atom. The molecule has 2 aromatic carbocycles. The van der Waals surface area contributed by atoms with Gasteiger partial charge in [0.25, 0.3) is 0 Å². The summed E-state index contributed by atoms with van der Waals surface area (Å²) in [5.41, 5.74) is 1.37. The van der Waals surface area contributed by atoms with Crippen molar-refractivity contribution in [1.82, 2.24) is 0 Å². The molecule has 2 rings (SSSR count). The lowest BCUT2D eigenvalue weighted by Crippen LogP contribution is -2.00. The second kappa shape index (κ2) is 6.33. The van der Waals surface area contributed by atoms with Crippen molar-refractivity contribution in [2.45, 2.75) is 6.61 Å². The second-order valence-corrected chi connectivity index (χ2v) is 4.04. The number of nitro benzene ring substituents is 1. The lowest BCUT2D eigenvalue weighted by Gasteiger charge is -2.07. The minimum absolute atomic E-state index is 0.113. The summed E-state index contributed by atoms with van der Waals surface area (Å²) < 4.78 is 5.50. The van der Waals surface area contributed by atoms with E-state index in [0.29, 0.717) is 5.56 Å². The lowest BCUT2D eigenvalue weighted by molar-refractivity contribution is -0.385. The normalized spacial score (nSPS) is 10.6. The molecular weight excluding hydrogens is 258 g/mol. The van der Waals surface area contributed by atoms with Crippen LogP contribution in [0.4, 0.5) is 5.69 Å². The fourth-order valence-corrected chi connectivity index (χ4v) is 1.70. The zero-order valence-corrected chi connectivity index (χ0v) is 10.6. The molecule has 2 N–H and O–H groups in total. The molecule has 0 aliphatic carbocycles. The standard InChI is InChI=1S/C14H13N3O3/c15-16-9-12-6-7-14(13(8-12)17(18)19)20-10-11-4-2-1-3-5-11/h1-9H,10,15H2. The minimum atomic E-state index is -0.492. The van der Waals surface area contributed by atoms with Crippen LogP contribution in [-0.2, 0) is 6.61 Å². The Labute approximate surface area is 115 Å². The summed E-state index contributed by atoms with van der Waals surface area (Å²) in [6.45, 7) is 0.270.